The highest BCUT2D eigenvalue weighted by molar-refractivity contribution is 4.57. The second-order valence-corrected chi connectivity index (χ2v) is 3.26. The van der Waals surface area contributed by atoms with Crippen LogP contribution < -0.4 is 5.32 Å². The molecule has 0 saturated heterocycles. The van der Waals surface area contributed by atoms with Crippen molar-refractivity contribution in [2.45, 2.75) is 39.2 Å². The van der Waals surface area contributed by atoms with E-state index < -0.39 is 0 Å². The lowest BCUT2D eigenvalue weighted by atomic mass is 10.2. The summed E-state index contributed by atoms with van der Waals surface area (Å²) < 4.78 is 5.28. The Labute approximate surface area is 81.5 Å². The number of ether oxygens (including phenoxy) is 1. The van der Waals surface area contributed by atoms with Gasteiger partial charge in [-0.15, -0.1) is 0 Å². The van der Waals surface area contributed by atoms with Crippen molar-refractivity contribution in [1.82, 2.24) is 5.32 Å². The normalized spacial score (nSPS) is 13.2. The molecule has 0 aliphatic carbocycles. The summed E-state index contributed by atoms with van der Waals surface area (Å²) in [5, 5.41) is 12.5. The van der Waals surface area contributed by atoms with Crippen LogP contribution in [0.25, 0.3) is 0 Å². The lowest BCUT2D eigenvalue weighted by Gasteiger charge is -2.10. The Balaban J connectivity index is 2.97. The second kappa shape index (κ2) is 9.96. The lowest BCUT2D eigenvalue weighted by Crippen LogP contribution is -2.29. The van der Waals surface area contributed by atoms with Gasteiger partial charge in [-0.05, 0) is 12.8 Å². The molecular weight excluding hydrogens is 166 g/mol. The smallest absolute Gasteiger partial charge is 0.0664 e. The van der Waals surface area contributed by atoms with Crippen molar-refractivity contribution in [2.24, 2.45) is 0 Å². The third-order valence-electron chi connectivity index (χ3n) is 1.77. The Morgan fingerprint density at radius 2 is 2.00 bits per heavy atom. The molecule has 3 heteroatoms. The molecule has 0 radical (unpaired) electrons. The topological polar surface area (TPSA) is 41.5 Å². The Morgan fingerprint density at radius 3 is 2.62 bits per heavy atom. The van der Waals surface area contributed by atoms with Gasteiger partial charge in [0.2, 0.25) is 0 Å². The quantitative estimate of drug-likeness (QED) is 0.535. The number of rotatable bonds is 9. The van der Waals surface area contributed by atoms with Crippen molar-refractivity contribution in [3.8, 4) is 0 Å². The van der Waals surface area contributed by atoms with E-state index in [0.717, 1.165) is 39.0 Å². The van der Waals surface area contributed by atoms with Gasteiger partial charge in [0.15, 0.2) is 0 Å². The summed E-state index contributed by atoms with van der Waals surface area (Å²) in [6.07, 6.45) is 2.78. The van der Waals surface area contributed by atoms with Gasteiger partial charge >= 0.3 is 0 Å². The lowest BCUT2D eigenvalue weighted by molar-refractivity contribution is 0.126. The predicted octanol–water partition coefficient (Wildman–Crippen LogP) is 1.16. The van der Waals surface area contributed by atoms with Gasteiger partial charge in [-0.2, -0.15) is 0 Å². The zero-order valence-electron chi connectivity index (χ0n) is 8.88. The first-order chi connectivity index (χ1) is 6.31. The van der Waals surface area contributed by atoms with E-state index in [-0.39, 0.29) is 6.10 Å². The third kappa shape index (κ3) is 9.80. The molecule has 0 aliphatic heterocycles. The number of aliphatic hydroxyl groups is 1. The largest absolute Gasteiger partial charge is 0.392 e. The predicted molar refractivity (Wildman–Crippen MR) is 54.9 cm³/mol. The maximum absolute atomic E-state index is 9.35. The summed E-state index contributed by atoms with van der Waals surface area (Å²) >= 11 is 0. The molecule has 80 valence electrons. The van der Waals surface area contributed by atoms with Gasteiger partial charge in [-0.25, -0.2) is 0 Å². The minimum Gasteiger partial charge on any atom is -0.392 e. The van der Waals surface area contributed by atoms with Gasteiger partial charge in [0.25, 0.3) is 0 Å². The van der Waals surface area contributed by atoms with Crippen molar-refractivity contribution < 1.29 is 9.84 Å². The van der Waals surface area contributed by atoms with Gasteiger partial charge in [0.1, 0.15) is 0 Å². The summed E-state index contributed by atoms with van der Waals surface area (Å²) in [7, 11) is 0. The highest BCUT2D eigenvalue weighted by Gasteiger charge is 2.00. The van der Waals surface area contributed by atoms with E-state index in [0.29, 0.717) is 6.54 Å². The van der Waals surface area contributed by atoms with E-state index >= 15 is 0 Å². The summed E-state index contributed by atoms with van der Waals surface area (Å²) in [5.41, 5.74) is 0. The van der Waals surface area contributed by atoms with Gasteiger partial charge in [0.05, 0.1) is 12.7 Å². The molecule has 0 amide bonds. The molecular formula is C10H23NO2. The number of nitrogens with one attached hydrogen (secondary N) is 1. The van der Waals surface area contributed by atoms with E-state index in [1.54, 1.807) is 0 Å². The Kier molecular flexibility index (Phi) is 9.87. The van der Waals surface area contributed by atoms with Gasteiger partial charge in [-0.1, -0.05) is 20.3 Å². The van der Waals surface area contributed by atoms with E-state index in [1.165, 1.54) is 0 Å². The van der Waals surface area contributed by atoms with Crippen molar-refractivity contribution in [1.29, 1.82) is 0 Å². The monoisotopic (exact) mass is 189 g/mol. The maximum Gasteiger partial charge on any atom is 0.0664 e. The molecule has 0 saturated carbocycles. The molecule has 0 rings (SSSR count). The van der Waals surface area contributed by atoms with Crippen LogP contribution >= 0.6 is 0 Å². The standard InChI is InChI=1S/C10H23NO2/c1-3-5-10(12)9-11-6-8-13-7-4-2/h10-12H,3-9H2,1-2H3. The maximum atomic E-state index is 9.35. The zero-order chi connectivity index (χ0) is 9.94. The fraction of sp³-hybridized carbons (Fsp3) is 1.00. The Bertz CT molecular complexity index is 98.9. The van der Waals surface area contributed by atoms with Crippen molar-refractivity contribution >= 4 is 0 Å². The van der Waals surface area contributed by atoms with Crippen LogP contribution in [-0.2, 0) is 4.74 Å². The highest BCUT2D eigenvalue weighted by atomic mass is 16.5. The van der Waals surface area contributed by atoms with Crippen LogP contribution in [-0.4, -0.2) is 37.5 Å². The summed E-state index contributed by atoms with van der Waals surface area (Å²) in [4.78, 5) is 0. The van der Waals surface area contributed by atoms with E-state index in [1.807, 2.05) is 0 Å². The molecule has 1 unspecified atom stereocenters. The number of aliphatic hydroxyl groups excluding tert-OH is 1. The van der Waals surface area contributed by atoms with E-state index in [9.17, 15) is 5.11 Å². The Morgan fingerprint density at radius 1 is 1.23 bits per heavy atom. The van der Waals surface area contributed by atoms with Crippen molar-refractivity contribution in [2.75, 3.05) is 26.3 Å². The van der Waals surface area contributed by atoms with Crippen LogP contribution in [0.15, 0.2) is 0 Å². The first-order valence-electron chi connectivity index (χ1n) is 5.27. The summed E-state index contributed by atoms with van der Waals surface area (Å²) in [6.45, 7) is 7.27. The fourth-order valence-corrected chi connectivity index (χ4v) is 1.09. The average Bonchev–Trinajstić information content (AvgIpc) is 2.11. The summed E-state index contributed by atoms with van der Waals surface area (Å²) in [6, 6.07) is 0. The first kappa shape index (κ1) is 12.9. The SMILES string of the molecule is CCCOCCNCC(O)CCC. The first-order valence-corrected chi connectivity index (χ1v) is 5.27. The molecule has 0 spiro atoms. The third-order valence-corrected chi connectivity index (χ3v) is 1.77. The fourth-order valence-electron chi connectivity index (χ4n) is 1.09. The average molecular weight is 189 g/mol. The van der Waals surface area contributed by atoms with Crippen LogP contribution in [0.3, 0.4) is 0 Å². The minimum absolute atomic E-state index is 0.198. The number of hydrogen-bond acceptors (Lipinski definition) is 3. The molecule has 0 aromatic heterocycles. The minimum atomic E-state index is -0.198. The van der Waals surface area contributed by atoms with Crippen LogP contribution in [0.1, 0.15) is 33.1 Å². The Hall–Kier alpha value is -0.120. The summed E-state index contributed by atoms with van der Waals surface area (Å²) in [5.74, 6) is 0. The van der Waals surface area contributed by atoms with Crippen LogP contribution in [0, 0.1) is 0 Å². The van der Waals surface area contributed by atoms with Crippen LogP contribution in [0.2, 0.25) is 0 Å². The van der Waals surface area contributed by atoms with Gasteiger partial charge in [0, 0.05) is 19.7 Å². The van der Waals surface area contributed by atoms with E-state index in [2.05, 4.69) is 19.2 Å². The molecule has 0 bridgehead atoms. The van der Waals surface area contributed by atoms with Crippen molar-refractivity contribution in [3.05, 3.63) is 0 Å². The van der Waals surface area contributed by atoms with Gasteiger partial charge < -0.3 is 15.2 Å². The highest BCUT2D eigenvalue weighted by Crippen LogP contribution is 1.93. The molecule has 0 aromatic carbocycles. The number of hydrogen-bond donors (Lipinski definition) is 2. The van der Waals surface area contributed by atoms with Crippen LogP contribution in [0.5, 0.6) is 0 Å². The molecule has 0 fully saturated rings. The van der Waals surface area contributed by atoms with Crippen LogP contribution in [0.4, 0.5) is 0 Å². The molecule has 3 nitrogen and oxygen atoms in total. The second-order valence-electron chi connectivity index (χ2n) is 3.26. The molecule has 1 atom stereocenters. The molecule has 13 heavy (non-hydrogen) atoms. The van der Waals surface area contributed by atoms with Gasteiger partial charge in [-0.3, -0.25) is 0 Å². The zero-order valence-corrected chi connectivity index (χ0v) is 8.88. The molecule has 0 aliphatic rings. The molecule has 0 aromatic rings. The molecule has 0 heterocycles. The molecule has 2 N–H and O–H groups in total. The van der Waals surface area contributed by atoms with E-state index in [4.69, 9.17) is 4.74 Å². The van der Waals surface area contributed by atoms with Crippen molar-refractivity contribution in [3.63, 3.8) is 0 Å².